The van der Waals surface area contributed by atoms with Crippen LogP contribution < -0.4 is 11.1 Å². The van der Waals surface area contributed by atoms with E-state index >= 15 is 0 Å². The van der Waals surface area contributed by atoms with E-state index in [4.69, 9.17) is 10.8 Å². The summed E-state index contributed by atoms with van der Waals surface area (Å²) in [4.78, 5) is 11.8. The fraction of sp³-hybridized carbons (Fsp3) is 0.929. The third kappa shape index (κ3) is 4.58. The number of nitrogens with two attached hydrogens (primary N) is 1. The van der Waals surface area contributed by atoms with Crippen LogP contribution in [0, 0.1) is 11.3 Å². The molecule has 1 rings (SSSR count). The Morgan fingerprint density at radius 1 is 1.39 bits per heavy atom. The Labute approximate surface area is 110 Å². The number of carbonyl (C=O) groups is 1. The van der Waals surface area contributed by atoms with Crippen molar-refractivity contribution in [1.29, 1.82) is 0 Å². The fourth-order valence-corrected chi connectivity index (χ4v) is 2.35. The van der Waals surface area contributed by atoms with E-state index < -0.39 is 0 Å². The highest BCUT2D eigenvalue weighted by Gasteiger charge is 2.43. The summed E-state index contributed by atoms with van der Waals surface area (Å²) in [5.74, 6) is 0.533. The summed E-state index contributed by atoms with van der Waals surface area (Å²) in [6.07, 6.45) is 4.17. The van der Waals surface area contributed by atoms with Crippen molar-refractivity contribution in [1.82, 2.24) is 5.32 Å². The molecule has 0 aromatic carbocycles. The molecule has 0 heterocycles. The number of hydrogen-bond donors (Lipinski definition) is 3. The molecule has 106 valence electrons. The molecule has 1 aliphatic rings. The van der Waals surface area contributed by atoms with E-state index in [1.807, 2.05) is 0 Å². The number of aliphatic hydroxyl groups excluding tert-OH is 1. The molecule has 1 atom stereocenters. The van der Waals surface area contributed by atoms with Crippen molar-refractivity contribution in [2.45, 2.75) is 58.4 Å². The van der Waals surface area contributed by atoms with Gasteiger partial charge in [0.05, 0.1) is 12.1 Å². The van der Waals surface area contributed by atoms with Crippen LogP contribution in [-0.4, -0.2) is 29.7 Å². The van der Waals surface area contributed by atoms with Crippen LogP contribution in [0.15, 0.2) is 0 Å². The van der Waals surface area contributed by atoms with Gasteiger partial charge in [-0.1, -0.05) is 20.8 Å². The molecule has 0 radical (unpaired) electrons. The Morgan fingerprint density at radius 3 is 2.39 bits per heavy atom. The molecule has 0 spiro atoms. The van der Waals surface area contributed by atoms with Gasteiger partial charge in [-0.2, -0.15) is 0 Å². The van der Waals surface area contributed by atoms with E-state index in [9.17, 15) is 4.79 Å². The van der Waals surface area contributed by atoms with Gasteiger partial charge in [-0.25, -0.2) is 0 Å². The second kappa shape index (κ2) is 6.02. The van der Waals surface area contributed by atoms with E-state index in [-0.39, 0.29) is 23.5 Å². The van der Waals surface area contributed by atoms with Crippen molar-refractivity contribution in [2.75, 3.05) is 13.2 Å². The summed E-state index contributed by atoms with van der Waals surface area (Å²) in [5.41, 5.74) is 5.53. The molecule has 0 saturated heterocycles. The number of amides is 1. The van der Waals surface area contributed by atoms with Gasteiger partial charge in [0.2, 0.25) is 5.91 Å². The van der Waals surface area contributed by atoms with Gasteiger partial charge in [0.1, 0.15) is 0 Å². The third-order valence-electron chi connectivity index (χ3n) is 4.02. The van der Waals surface area contributed by atoms with Gasteiger partial charge in [-0.05, 0) is 43.6 Å². The molecule has 1 saturated carbocycles. The molecule has 4 nitrogen and oxygen atoms in total. The largest absolute Gasteiger partial charge is 0.394 e. The van der Waals surface area contributed by atoms with Crippen LogP contribution in [0.5, 0.6) is 0 Å². The van der Waals surface area contributed by atoms with Crippen LogP contribution in [-0.2, 0) is 4.79 Å². The predicted molar refractivity (Wildman–Crippen MR) is 73.0 cm³/mol. The number of carbonyl (C=O) groups excluding carboxylic acids is 1. The summed E-state index contributed by atoms with van der Waals surface area (Å²) in [5, 5.41) is 12.1. The molecular weight excluding hydrogens is 228 g/mol. The van der Waals surface area contributed by atoms with Crippen LogP contribution in [0.4, 0.5) is 0 Å². The number of aliphatic hydroxyl groups is 1. The van der Waals surface area contributed by atoms with Gasteiger partial charge in [0.15, 0.2) is 0 Å². The fourth-order valence-electron chi connectivity index (χ4n) is 2.35. The van der Waals surface area contributed by atoms with E-state index in [2.05, 4.69) is 26.1 Å². The van der Waals surface area contributed by atoms with Crippen LogP contribution in [0.2, 0.25) is 0 Å². The highest BCUT2D eigenvalue weighted by atomic mass is 16.3. The summed E-state index contributed by atoms with van der Waals surface area (Å²) < 4.78 is 0. The molecule has 0 aromatic heterocycles. The Balaban J connectivity index is 2.35. The van der Waals surface area contributed by atoms with Crippen LogP contribution in [0.1, 0.15) is 52.9 Å². The van der Waals surface area contributed by atoms with Gasteiger partial charge in [-0.3, -0.25) is 4.79 Å². The maximum absolute atomic E-state index is 11.8. The second-order valence-corrected chi connectivity index (χ2v) is 6.67. The van der Waals surface area contributed by atoms with Crippen LogP contribution in [0.25, 0.3) is 0 Å². The molecule has 0 bridgehead atoms. The minimum atomic E-state index is -0.290. The maximum atomic E-state index is 11.8. The first-order valence-electron chi connectivity index (χ1n) is 6.95. The average Bonchev–Trinajstić information content (AvgIpc) is 3.03. The minimum absolute atomic E-state index is 0.0598. The molecule has 18 heavy (non-hydrogen) atoms. The molecule has 1 aliphatic carbocycles. The van der Waals surface area contributed by atoms with E-state index in [0.29, 0.717) is 18.9 Å². The van der Waals surface area contributed by atoms with E-state index in [1.54, 1.807) is 0 Å². The Bertz CT molecular complexity index is 280. The van der Waals surface area contributed by atoms with Crippen molar-refractivity contribution < 1.29 is 9.90 Å². The predicted octanol–water partition coefficient (Wildman–Crippen LogP) is 1.42. The number of hydrogen-bond acceptors (Lipinski definition) is 3. The van der Waals surface area contributed by atoms with Gasteiger partial charge >= 0.3 is 0 Å². The van der Waals surface area contributed by atoms with Gasteiger partial charge in [-0.15, -0.1) is 0 Å². The van der Waals surface area contributed by atoms with Crippen LogP contribution in [0.3, 0.4) is 0 Å². The molecule has 0 aliphatic heterocycles. The zero-order valence-corrected chi connectivity index (χ0v) is 12.0. The van der Waals surface area contributed by atoms with Crippen molar-refractivity contribution in [3.8, 4) is 0 Å². The SMILES string of the molecule is CC(C)(C)C(CCN)CCC(=O)NC1(CO)CC1. The summed E-state index contributed by atoms with van der Waals surface area (Å²) in [7, 11) is 0. The second-order valence-electron chi connectivity index (χ2n) is 6.67. The lowest BCUT2D eigenvalue weighted by atomic mass is 9.76. The average molecular weight is 256 g/mol. The molecule has 4 N–H and O–H groups in total. The van der Waals surface area contributed by atoms with E-state index in [1.165, 1.54) is 0 Å². The first kappa shape index (κ1) is 15.4. The monoisotopic (exact) mass is 256 g/mol. The number of rotatable bonds is 7. The minimum Gasteiger partial charge on any atom is -0.394 e. The van der Waals surface area contributed by atoms with Gasteiger partial charge < -0.3 is 16.2 Å². The normalized spacial score (nSPS) is 19.4. The van der Waals surface area contributed by atoms with Crippen molar-refractivity contribution in [3.63, 3.8) is 0 Å². The van der Waals surface area contributed by atoms with Crippen molar-refractivity contribution in [3.05, 3.63) is 0 Å². The molecule has 1 unspecified atom stereocenters. The van der Waals surface area contributed by atoms with Crippen molar-refractivity contribution >= 4 is 5.91 Å². The summed E-state index contributed by atoms with van der Waals surface area (Å²) in [6.45, 7) is 7.32. The smallest absolute Gasteiger partial charge is 0.220 e. The van der Waals surface area contributed by atoms with Crippen molar-refractivity contribution in [2.24, 2.45) is 17.1 Å². The Kier molecular flexibility index (Phi) is 5.17. The van der Waals surface area contributed by atoms with Crippen LogP contribution >= 0.6 is 0 Å². The molecule has 4 heteroatoms. The Hall–Kier alpha value is -0.610. The lowest BCUT2D eigenvalue weighted by Crippen LogP contribution is -2.40. The zero-order valence-electron chi connectivity index (χ0n) is 12.0. The third-order valence-corrected chi connectivity index (χ3v) is 4.02. The first-order chi connectivity index (χ1) is 8.33. The molecular formula is C14H28N2O2. The lowest BCUT2D eigenvalue weighted by Gasteiger charge is -2.30. The number of nitrogens with one attached hydrogen (secondary N) is 1. The summed E-state index contributed by atoms with van der Waals surface area (Å²) in [6, 6.07) is 0. The topological polar surface area (TPSA) is 75.4 Å². The molecule has 1 fully saturated rings. The molecule has 0 aromatic rings. The molecule has 1 amide bonds. The van der Waals surface area contributed by atoms with E-state index in [0.717, 1.165) is 25.7 Å². The highest BCUT2D eigenvalue weighted by Crippen LogP contribution is 2.35. The lowest BCUT2D eigenvalue weighted by molar-refractivity contribution is -0.122. The summed E-state index contributed by atoms with van der Waals surface area (Å²) >= 11 is 0. The highest BCUT2D eigenvalue weighted by molar-refractivity contribution is 5.77. The quantitative estimate of drug-likeness (QED) is 0.645. The Morgan fingerprint density at radius 2 is 2.00 bits per heavy atom. The first-order valence-corrected chi connectivity index (χ1v) is 6.95. The maximum Gasteiger partial charge on any atom is 0.220 e. The van der Waals surface area contributed by atoms with Gasteiger partial charge in [0, 0.05) is 6.42 Å². The van der Waals surface area contributed by atoms with Gasteiger partial charge in [0.25, 0.3) is 0 Å². The standard InChI is InChI=1S/C14H28N2O2/c1-13(2,3)11(6-9-15)4-5-12(18)16-14(10-17)7-8-14/h11,17H,4-10,15H2,1-3H3,(H,16,18). The zero-order chi connectivity index (χ0) is 13.8.